The predicted molar refractivity (Wildman–Crippen MR) is 124 cm³/mol. The smallest absolute Gasteiger partial charge is 0.326 e. The molecule has 0 radical (unpaired) electrons. The summed E-state index contributed by atoms with van der Waals surface area (Å²) in [6.07, 6.45) is 2.81. The van der Waals surface area contributed by atoms with Gasteiger partial charge in [0.05, 0.1) is 12.6 Å². The third kappa shape index (κ3) is 6.04. The summed E-state index contributed by atoms with van der Waals surface area (Å²) in [5.41, 5.74) is 1.10. The van der Waals surface area contributed by atoms with E-state index >= 15 is 0 Å². The Balaban J connectivity index is 1.68. The van der Waals surface area contributed by atoms with E-state index in [4.69, 9.17) is 4.74 Å². The topological polar surface area (TPSA) is 95.9 Å². The molecule has 2 N–H and O–H groups in total. The average Bonchev–Trinajstić information content (AvgIpc) is 2.80. The number of nitrogens with one attached hydrogen (secondary N) is 1. The molecule has 2 saturated heterocycles. The number of rotatable bonds is 9. The van der Waals surface area contributed by atoms with Gasteiger partial charge in [-0.15, -0.1) is 0 Å². The molecule has 1 aromatic rings. The van der Waals surface area contributed by atoms with Gasteiger partial charge in [-0.25, -0.2) is 4.79 Å². The lowest BCUT2D eigenvalue weighted by Crippen LogP contribution is -2.61. The zero-order valence-corrected chi connectivity index (χ0v) is 19.7. The van der Waals surface area contributed by atoms with Crippen LogP contribution >= 0.6 is 11.8 Å². The maximum absolute atomic E-state index is 13.3. The Morgan fingerprint density at radius 2 is 2.00 bits per heavy atom. The first-order valence-electron chi connectivity index (χ1n) is 11.5. The highest BCUT2D eigenvalue weighted by Gasteiger charge is 2.46. The summed E-state index contributed by atoms with van der Waals surface area (Å²) < 4.78 is 5.23. The molecule has 1 aromatic carbocycles. The Bertz CT molecular complexity index is 790. The molecule has 2 heterocycles. The van der Waals surface area contributed by atoms with Crippen molar-refractivity contribution in [1.82, 2.24) is 10.2 Å². The van der Waals surface area contributed by atoms with Gasteiger partial charge in [-0.1, -0.05) is 30.3 Å². The third-order valence-corrected chi connectivity index (χ3v) is 7.70. The first-order chi connectivity index (χ1) is 15.4. The molecule has 0 aliphatic carbocycles. The summed E-state index contributed by atoms with van der Waals surface area (Å²) in [6, 6.07) is 7.73. The summed E-state index contributed by atoms with van der Waals surface area (Å²) in [7, 11) is 0. The van der Waals surface area contributed by atoms with Gasteiger partial charge in [0.2, 0.25) is 5.91 Å². The first kappa shape index (κ1) is 24.6. The van der Waals surface area contributed by atoms with Gasteiger partial charge in [0.1, 0.15) is 12.1 Å². The van der Waals surface area contributed by atoms with Crippen LogP contribution in [0.5, 0.6) is 0 Å². The Morgan fingerprint density at radius 1 is 1.25 bits per heavy atom. The van der Waals surface area contributed by atoms with Gasteiger partial charge in [-0.3, -0.25) is 14.9 Å². The number of likely N-dealkylation sites (tertiary alicyclic amines) is 1. The number of nitrogens with zero attached hydrogens (tertiary/aromatic N) is 1. The summed E-state index contributed by atoms with van der Waals surface area (Å²) >= 11 is 1.87. The van der Waals surface area contributed by atoms with Crippen molar-refractivity contribution in [3.05, 3.63) is 35.9 Å². The van der Waals surface area contributed by atoms with E-state index < -0.39 is 24.1 Å². The number of thioether (sulfide) groups is 1. The summed E-state index contributed by atoms with van der Waals surface area (Å²) in [5.74, 6) is 0.667. The molecule has 2 aliphatic rings. The number of carboxylic acids is 1. The van der Waals surface area contributed by atoms with E-state index in [0.717, 1.165) is 29.9 Å². The molecule has 0 spiro atoms. The van der Waals surface area contributed by atoms with Gasteiger partial charge in [0, 0.05) is 6.54 Å². The minimum Gasteiger partial charge on any atom is -0.480 e. The van der Waals surface area contributed by atoms with Crippen LogP contribution in [0.3, 0.4) is 0 Å². The van der Waals surface area contributed by atoms with Crippen molar-refractivity contribution in [2.24, 2.45) is 11.8 Å². The van der Waals surface area contributed by atoms with Gasteiger partial charge in [-0.2, -0.15) is 11.8 Å². The van der Waals surface area contributed by atoms with Crippen molar-refractivity contribution in [2.45, 2.75) is 57.7 Å². The molecule has 0 saturated carbocycles. The molecule has 3 rings (SSSR count). The fourth-order valence-electron chi connectivity index (χ4n) is 4.85. The number of esters is 1. The van der Waals surface area contributed by atoms with E-state index in [9.17, 15) is 19.5 Å². The number of ether oxygens (including phenoxy) is 1. The number of carbonyl (C=O) groups excluding carboxylic acids is 2. The first-order valence-corrected chi connectivity index (χ1v) is 12.7. The van der Waals surface area contributed by atoms with E-state index in [1.807, 2.05) is 42.1 Å². The molecule has 1 amide bonds. The number of amides is 1. The van der Waals surface area contributed by atoms with E-state index in [1.165, 1.54) is 4.90 Å². The Labute approximate surface area is 194 Å². The van der Waals surface area contributed by atoms with E-state index in [1.54, 1.807) is 13.8 Å². The van der Waals surface area contributed by atoms with Crippen molar-refractivity contribution < 1.29 is 24.2 Å². The number of aliphatic carboxylic acids is 1. The minimum atomic E-state index is -0.932. The van der Waals surface area contributed by atoms with Crippen molar-refractivity contribution in [3.63, 3.8) is 0 Å². The number of fused-ring (bicyclic) bond motifs is 1. The lowest BCUT2D eigenvalue weighted by atomic mass is 9.78. The quantitative estimate of drug-likeness (QED) is 0.545. The molecule has 5 atom stereocenters. The molecule has 0 bridgehead atoms. The Kier molecular flexibility index (Phi) is 8.99. The normalized spacial score (nSPS) is 24.8. The van der Waals surface area contributed by atoms with Gasteiger partial charge >= 0.3 is 11.9 Å². The lowest BCUT2D eigenvalue weighted by Gasteiger charge is -2.46. The van der Waals surface area contributed by atoms with Crippen LogP contribution in [0, 0.1) is 11.8 Å². The standard InChI is InChI=1S/C24H34N2O5S/c1-3-31-24(30)20(10-9-17-7-5-4-6-8-17)25-16(2)22(27)26-13-11-18-15-32-14-12-19(18)21(26)23(28)29/h4-8,16,18-21,25H,3,9-15H2,1-2H3,(H,28,29)/t16?,18?,19?,20-,21-/m0/s1. The molecule has 7 nitrogen and oxygen atoms in total. The second-order valence-corrected chi connectivity index (χ2v) is 9.76. The van der Waals surface area contributed by atoms with Crippen LogP contribution in [0.2, 0.25) is 0 Å². The number of hydrogen-bond acceptors (Lipinski definition) is 6. The van der Waals surface area contributed by atoms with Crippen LogP contribution in [-0.4, -0.2) is 70.6 Å². The van der Waals surface area contributed by atoms with Crippen molar-refractivity contribution in [2.75, 3.05) is 24.7 Å². The van der Waals surface area contributed by atoms with Gasteiger partial charge in [0.15, 0.2) is 0 Å². The molecule has 0 aromatic heterocycles. The fraction of sp³-hybridized carbons (Fsp3) is 0.625. The number of hydrogen-bond donors (Lipinski definition) is 2. The predicted octanol–water partition coefficient (Wildman–Crippen LogP) is 2.58. The van der Waals surface area contributed by atoms with Gasteiger partial charge in [-0.05, 0) is 68.4 Å². The molecule has 2 fully saturated rings. The zero-order valence-electron chi connectivity index (χ0n) is 18.9. The molecule has 8 heteroatoms. The molecular weight excluding hydrogens is 428 g/mol. The zero-order chi connectivity index (χ0) is 23.1. The van der Waals surface area contributed by atoms with E-state index in [-0.39, 0.29) is 24.4 Å². The summed E-state index contributed by atoms with van der Waals surface area (Å²) in [5, 5.41) is 13.1. The van der Waals surface area contributed by atoms with Crippen molar-refractivity contribution in [3.8, 4) is 0 Å². The highest BCUT2D eigenvalue weighted by molar-refractivity contribution is 7.99. The average molecular weight is 463 g/mol. The number of piperidine rings is 1. The van der Waals surface area contributed by atoms with Crippen LogP contribution in [-0.2, 0) is 25.5 Å². The summed E-state index contributed by atoms with van der Waals surface area (Å²) in [4.78, 5) is 39.5. The van der Waals surface area contributed by atoms with Crippen LogP contribution < -0.4 is 5.32 Å². The minimum absolute atomic E-state index is 0.00224. The Hall–Kier alpha value is -2.06. The third-order valence-electron chi connectivity index (χ3n) is 6.51. The van der Waals surface area contributed by atoms with E-state index in [0.29, 0.717) is 25.3 Å². The fourth-order valence-corrected chi connectivity index (χ4v) is 6.18. The SMILES string of the molecule is CCOC(=O)[C@H](CCc1ccccc1)NC(C)C(=O)N1CCC2CSCCC2[C@H]1C(=O)O. The highest BCUT2D eigenvalue weighted by Crippen LogP contribution is 2.39. The van der Waals surface area contributed by atoms with Crippen molar-refractivity contribution >= 4 is 29.6 Å². The second-order valence-electron chi connectivity index (χ2n) is 8.61. The molecule has 3 unspecified atom stereocenters. The number of carbonyl (C=O) groups is 3. The summed E-state index contributed by atoms with van der Waals surface area (Å²) in [6.45, 7) is 4.17. The monoisotopic (exact) mass is 462 g/mol. The van der Waals surface area contributed by atoms with Crippen LogP contribution in [0.25, 0.3) is 0 Å². The highest BCUT2D eigenvalue weighted by atomic mass is 32.2. The second kappa shape index (κ2) is 11.7. The molecular formula is C24H34N2O5S. The van der Waals surface area contributed by atoms with E-state index in [2.05, 4.69) is 5.32 Å². The van der Waals surface area contributed by atoms with Gasteiger partial charge < -0.3 is 14.7 Å². The van der Waals surface area contributed by atoms with Crippen LogP contribution in [0.4, 0.5) is 0 Å². The van der Waals surface area contributed by atoms with Gasteiger partial charge in [0.25, 0.3) is 0 Å². The number of carboxylic acid groups (broad SMARTS) is 1. The number of benzene rings is 1. The maximum Gasteiger partial charge on any atom is 0.326 e. The molecule has 2 aliphatic heterocycles. The lowest BCUT2D eigenvalue weighted by molar-refractivity contribution is -0.158. The molecule has 32 heavy (non-hydrogen) atoms. The van der Waals surface area contributed by atoms with Crippen LogP contribution in [0.15, 0.2) is 30.3 Å². The van der Waals surface area contributed by atoms with Crippen molar-refractivity contribution in [1.29, 1.82) is 0 Å². The maximum atomic E-state index is 13.3. The Morgan fingerprint density at radius 3 is 2.69 bits per heavy atom. The largest absolute Gasteiger partial charge is 0.480 e. The number of aryl methyl sites for hydroxylation is 1. The molecule has 176 valence electrons. The van der Waals surface area contributed by atoms with Crippen LogP contribution in [0.1, 0.15) is 38.7 Å².